The molecule has 6 nitrogen and oxygen atoms in total. The number of halogens is 2. The maximum Gasteiger partial charge on any atom is 0.245 e. The Labute approximate surface area is 179 Å². The maximum atomic E-state index is 13.4. The van der Waals surface area contributed by atoms with Crippen molar-refractivity contribution in [3.8, 4) is 16.9 Å². The van der Waals surface area contributed by atoms with E-state index in [0.717, 1.165) is 5.56 Å². The van der Waals surface area contributed by atoms with Crippen molar-refractivity contribution in [1.82, 2.24) is 14.7 Å². The second-order valence-electron chi connectivity index (χ2n) is 6.69. The van der Waals surface area contributed by atoms with Crippen LogP contribution in [0.3, 0.4) is 0 Å². The molecule has 1 unspecified atom stereocenters. The van der Waals surface area contributed by atoms with E-state index >= 15 is 0 Å². The minimum Gasteiger partial charge on any atom is -0.332 e. The van der Waals surface area contributed by atoms with E-state index in [2.05, 4.69) is 10.4 Å². The molecular formula is C22H22ClFN4O2. The number of nitrogens with one attached hydrogen (secondary N) is 1. The van der Waals surface area contributed by atoms with Crippen LogP contribution in [-0.2, 0) is 9.59 Å². The van der Waals surface area contributed by atoms with E-state index < -0.39 is 5.38 Å². The molecule has 1 heterocycles. The summed E-state index contributed by atoms with van der Waals surface area (Å²) in [7, 11) is 0. The molecule has 156 valence electrons. The molecule has 0 aliphatic carbocycles. The Morgan fingerprint density at radius 1 is 1.17 bits per heavy atom. The summed E-state index contributed by atoms with van der Waals surface area (Å²) in [5, 5.41) is 6.66. The van der Waals surface area contributed by atoms with E-state index in [4.69, 9.17) is 11.6 Å². The van der Waals surface area contributed by atoms with E-state index in [9.17, 15) is 14.0 Å². The predicted octanol–water partition coefficient (Wildman–Crippen LogP) is 4.09. The van der Waals surface area contributed by atoms with Gasteiger partial charge in [0.15, 0.2) is 0 Å². The summed E-state index contributed by atoms with van der Waals surface area (Å²) in [6.07, 6.45) is 0. The van der Waals surface area contributed by atoms with Crippen molar-refractivity contribution in [1.29, 1.82) is 0 Å². The van der Waals surface area contributed by atoms with Crippen LogP contribution in [0.1, 0.15) is 13.8 Å². The molecule has 2 amide bonds. The molecule has 3 aromatic rings. The summed E-state index contributed by atoms with van der Waals surface area (Å²) in [5.74, 6) is -0.656. The highest BCUT2D eigenvalue weighted by Crippen LogP contribution is 2.25. The maximum absolute atomic E-state index is 13.4. The Morgan fingerprint density at radius 3 is 2.43 bits per heavy atom. The standard InChI is InChI=1S/C22H22ClFN4O2/c1-3-27(22(30)15(2)23)14-21(29)25-20-13-19(16-7-5-4-6-8-16)26-28(20)18-11-9-17(24)10-12-18/h4-13,15H,3,14H2,1-2H3,(H,25,29). The van der Waals surface area contributed by atoms with Gasteiger partial charge in [-0.25, -0.2) is 9.07 Å². The van der Waals surface area contributed by atoms with Crippen LogP contribution in [0.4, 0.5) is 10.2 Å². The smallest absolute Gasteiger partial charge is 0.245 e. The molecule has 1 aromatic heterocycles. The molecule has 0 aliphatic rings. The summed E-state index contributed by atoms with van der Waals surface area (Å²) < 4.78 is 14.9. The molecule has 0 spiro atoms. The zero-order valence-corrected chi connectivity index (χ0v) is 17.4. The van der Waals surface area contributed by atoms with Gasteiger partial charge in [-0.05, 0) is 38.1 Å². The number of anilines is 1. The molecule has 3 rings (SSSR count). The first-order valence-corrected chi connectivity index (χ1v) is 9.96. The highest BCUT2D eigenvalue weighted by atomic mass is 35.5. The van der Waals surface area contributed by atoms with Crippen LogP contribution in [0.5, 0.6) is 0 Å². The summed E-state index contributed by atoms with van der Waals surface area (Å²) in [6.45, 7) is 3.57. The third kappa shape index (κ3) is 5.04. The number of benzene rings is 2. The normalized spacial score (nSPS) is 11.7. The Hall–Kier alpha value is -3.19. The van der Waals surface area contributed by atoms with Gasteiger partial charge in [-0.2, -0.15) is 5.10 Å². The molecule has 1 atom stereocenters. The Bertz CT molecular complexity index is 1020. The lowest BCUT2D eigenvalue weighted by Crippen LogP contribution is -2.41. The number of rotatable bonds is 7. The van der Waals surface area contributed by atoms with Crippen LogP contribution in [0.2, 0.25) is 0 Å². The highest BCUT2D eigenvalue weighted by Gasteiger charge is 2.21. The van der Waals surface area contributed by atoms with Crippen LogP contribution in [0.25, 0.3) is 16.9 Å². The van der Waals surface area contributed by atoms with Crippen LogP contribution in [0.15, 0.2) is 60.7 Å². The predicted molar refractivity (Wildman–Crippen MR) is 115 cm³/mol. The molecular weight excluding hydrogens is 407 g/mol. The van der Waals surface area contributed by atoms with Crippen molar-refractivity contribution >= 4 is 29.2 Å². The Balaban J connectivity index is 1.90. The molecule has 2 aromatic carbocycles. The number of carbonyl (C=O) groups excluding carboxylic acids is 2. The van der Waals surface area contributed by atoms with Gasteiger partial charge in [-0.3, -0.25) is 9.59 Å². The molecule has 0 radical (unpaired) electrons. The molecule has 1 N–H and O–H groups in total. The van der Waals surface area contributed by atoms with Crippen molar-refractivity contribution < 1.29 is 14.0 Å². The molecule has 0 saturated carbocycles. The first-order chi connectivity index (χ1) is 14.4. The average Bonchev–Trinajstić information content (AvgIpc) is 3.16. The van der Waals surface area contributed by atoms with Gasteiger partial charge in [0.25, 0.3) is 0 Å². The monoisotopic (exact) mass is 428 g/mol. The van der Waals surface area contributed by atoms with Crippen LogP contribution in [-0.4, -0.2) is 45.0 Å². The van der Waals surface area contributed by atoms with Crippen molar-refractivity contribution in [2.24, 2.45) is 0 Å². The van der Waals surface area contributed by atoms with Crippen LogP contribution >= 0.6 is 11.6 Å². The number of aromatic nitrogens is 2. The number of alkyl halides is 1. The van der Waals surface area contributed by atoms with E-state index in [1.807, 2.05) is 30.3 Å². The van der Waals surface area contributed by atoms with Gasteiger partial charge >= 0.3 is 0 Å². The number of hydrogen-bond acceptors (Lipinski definition) is 3. The Kier molecular flexibility index (Phi) is 6.84. The van der Waals surface area contributed by atoms with Crippen molar-refractivity contribution in [3.05, 3.63) is 66.5 Å². The lowest BCUT2D eigenvalue weighted by Gasteiger charge is -2.21. The second kappa shape index (κ2) is 9.54. The van der Waals surface area contributed by atoms with Crippen molar-refractivity contribution in [2.45, 2.75) is 19.2 Å². The molecule has 8 heteroatoms. The van der Waals surface area contributed by atoms with Gasteiger partial charge in [0.05, 0.1) is 17.9 Å². The van der Waals surface area contributed by atoms with Gasteiger partial charge < -0.3 is 10.2 Å². The first-order valence-electron chi connectivity index (χ1n) is 9.53. The number of nitrogens with zero attached hydrogens (tertiary/aromatic N) is 3. The van der Waals surface area contributed by atoms with Crippen LogP contribution < -0.4 is 5.32 Å². The van der Waals surface area contributed by atoms with E-state index in [1.165, 1.54) is 21.7 Å². The summed E-state index contributed by atoms with van der Waals surface area (Å²) >= 11 is 5.87. The van der Waals surface area contributed by atoms with E-state index in [1.54, 1.807) is 32.0 Å². The molecule has 0 aliphatic heterocycles. The minimum atomic E-state index is -0.716. The lowest BCUT2D eigenvalue weighted by atomic mass is 10.1. The van der Waals surface area contributed by atoms with Gasteiger partial charge in [0.2, 0.25) is 11.8 Å². The number of likely N-dealkylation sites (N-methyl/N-ethyl adjacent to an activating group) is 1. The zero-order valence-electron chi connectivity index (χ0n) is 16.7. The number of carbonyl (C=O) groups is 2. The van der Waals surface area contributed by atoms with Crippen molar-refractivity contribution in [2.75, 3.05) is 18.4 Å². The highest BCUT2D eigenvalue weighted by molar-refractivity contribution is 6.30. The topological polar surface area (TPSA) is 67.2 Å². The summed E-state index contributed by atoms with van der Waals surface area (Å²) in [4.78, 5) is 26.2. The quantitative estimate of drug-likeness (QED) is 0.576. The lowest BCUT2D eigenvalue weighted by molar-refractivity contribution is -0.133. The van der Waals surface area contributed by atoms with E-state index in [-0.39, 0.29) is 24.2 Å². The fraction of sp³-hybridized carbons (Fsp3) is 0.227. The summed E-state index contributed by atoms with van der Waals surface area (Å²) in [6, 6.07) is 17.0. The third-order valence-electron chi connectivity index (χ3n) is 4.49. The van der Waals surface area contributed by atoms with Gasteiger partial charge in [0.1, 0.15) is 17.0 Å². The van der Waals surface area contributed by atoms with Crippen molar-refractivity contribution in [3.63, 3.8) is 0 Å². The van der Waals surface area contributed by atoms with Gasteiger partial charge in [0, 0.05) is 18.2 Å². The first kappa shape index (κ1) is 21.5. The Morgan fingerprint density at radius 2 is 1.83 bits per heavy atom. The van der Waals surface area contributed by atoms with Gasteiger partial charge in [-0.15, -0.1) is 11.6 Å². The molecule has 0 fully saturated rings. The third-order valence-corrected chi connectivity index (χ3v) is 4.67. The van der Waals surface area contributed by atoms with Crippen LogP contribution in [0, 0.1) is 5.82 Å². The molecule has 0 saturated heterocycles. The average molecular weight is 429 g/mol. The fourth-order valence-electron chi connectivity index (χ4n) is 2.95. The summed E-state index contributed by atoms with van der Waals surface area (Å²) in [5.41, 5.74) is 2.11. The largest absolute Gasteiger partial charge is 0.332 e. The second-order valence-corrected chi connectivity index (χ2v) is 7.34. The molecule has 0 bridgehead atoms. The van der Waals surface area contributed by atoms with Gasteiger partial charge in [-0.1, -0.05) is 30.3 Å². The number of hydrogen-bond donors (Lipinski definition) is 1. The SMILES string of the molecule is CCN(CC(=O)Nc1cc(-c2ccccc2)nn1-c1ccc(F)cc1)C(=O)C(C)Cl. The minimum absolute atomic E-state index is 0.137. The number of amides is 2. The fourth-order valence-corrected chi connectivity index (χ4v) is 3.09. The molecule has 30 heavy (non-hydrogen) atoms. The van der Waals surface area contributed by atoms with E-state index in [0.29, 0.717) is 23.7 Å². The zero-order chi connectivity index (χ0) is 21.7.